The Kier molecular flexibility index (Phi) is 6.52. The largest absolute Gasteiger partial charge is 0.353 e. The number of hydrogen-bond acceptors (Lipinski definition) is 2. The van der Waals surface area contributed by atoms with Crippen molar-refractivity contribution in [2.24, 2.45) is 0 Å². The first-order valence-corrected chi connectivity index (χ1v) is 8.79. The molecule has 2 rings (SSSR count). The molecular weight excluding hydrogens is 264 g/mol. The SMILES string of the molecule is CCC1CCCCN1C(=O)CC(=O)NC1CCCCCC1. The van der Waals surface area contributed by atoms with Crippen LogP contribution in [0.15, 0.2) is 0 Å². The van der Waals surface area contributed by atoms with Gasteiger partial charge in [0.2, 0.25) is 11.8 Å². The van der Waals surface area contributed by atoms with E-state index in [1.165, 1.54) is 32.1 Å². The van der Waals surface area contributed by atoms with Gasteiger partial charge >= 0.3 is 0 Å². The molecule has 4 heteroatoms. The van der Waals surface area contributed by atoms with Crippen molar-refractivity contribution >= 4 is 11.8 Å². The maximum atomic E-state index is 12.4. The van der Waals surface area contributed by atoms with Crippen molar-refractivity contribution in [3.8, 4) is 0 Å². The number of amides is 2. The van der Waals surface area contributed by atoms with E-state index in [-0.39, 0.29) is 24.3 Å². The quantitative estimate of drug-likeness (QED) is 0.640. The Balaban J connectivity index is 1.79. The standard InChI is InChI=1S/C17H30N2O2/c1-2-15-11-7-8-12-19(15)17(21)13-16(20)18-14-9-5-3-4-6-10-14/h14-15H,2-13H2,1H3,(H,18,20). The summed E-state index contributed by atoms with van der Waals surface area (Å²) < 4.78 is 0. The summed E-state index contributed by atoms with van der Waals surface area (Å²) in [5.41, 5.74) is 0. The molecule has 1 N–H and O–H groups in total. The van der Waals surface area contributed by atoms with Crippen molar-refractivity contribution in [3.63, 3.8) is 0 Å². The third-order valence-corrected chi connectivity index (χ3v) is 4.95. The number of piperidine rings is 1. The molecule has 0 spiro atoms. The van der Waals surface area contributed by atoms with Gasteiger partial charge in [-0.15, -0.1) is 0 Å². The lowest BCUT2D eigenvalue weighted by molar-refractivity contribution is -0.139. The molecule has 1 aliphatic carbocycles. The first kappa shape index (κ1) is 16.3. The van der Waals surface area contributed by atoms with Crippen molar-refractivity contribution < 1.29 is 9.59 Å². The van der Waals surface area contributed by atoms with Crippen LogP contribution in [-0.4, -0.2) is 35.3 Å². The van der Waals surface area contributed by atoms with E-state index >= 15 is 0 Å². The summed E-state index contributed by atoms with van der Waals surface area (Å²) in [4.78, 5) is 26.4. The van der Waals surface area contributed by atoms with Crippen LogP contribution in [0.2, 0.25) is 0 Å². The van der Waals surface area contributed by atoms with Crippen LogP contribution in [0.4, 0.5) is 0 Å². The summed E-state index contributed by atoms with van der Waals surface area (Å²) in [7, 11) is 0. The molecule has 2 amide bonds. The molecular formula is C17H30N2O2. The summed E-state index contributed by atoms with van der Waals surface area (Å²) in [5, 5.41) is 3.08. The molecule has 2 fully saturated rings. The fourth-order valence-electron chi connectivity index (χ4n) is 3.69. The van der Waals surface area contributed by atoms with E-state index in [2.05, 4.69) is 12.2 Å². The summed E-state index contributed by atoms with van der Waals surface area (Å²) >= 11 is 0. The van der Waals surface area contributed by atoms with Crippen molar-refractivity contribution in [3.05, 3.63) is 0 Å². The van der Waals surface area contributed by atoms with Gasteiger partial charge in [0.1, 0.15) is 6.42 Å². The van der Waals surface area contributed by atoms with Crippen molar-refractivity contribution in [2.45, 2.75) is 89.6 Å². The zero-order valence-electron chi connectivity index (χ0n) is 13.4. The van der Waals surface area contributed by atoms with E-state index in [9.17, 15) is 9.59 Å². The van der Waals surface area contributed by atoms with Gasteiger partial charge in [-0.2, -0.15) is 0 Å². The average molecular weight is 294 g/mol. The van der Waals surface area contributed by atoms with Crippen LogP contribution in [0.25, 0.3) is 0 Å². The Labute approximate surface area is 128 Å². The molecule has 0 aromatic rings. The van der Waals surface area contributed by atoms with E-state index in [1.807, 2.05) is 4.90 Å². The van der Waals surface area contributed by atoms with Crippen LogP contribution in [0.3, 0.4) is 0 Å². The normalized spacial score (nSPS) is 24.4. The third kappa shape index (κ3) is 5.01. The Hall–Kier alpha value is -1.06. The topological polar surface area (TPSA) is 49.4 Å². The first-order chi connectivity index (χ1) is 10.2. The zero-order chi connectivity index (χ0) is 15.1. The minimum absolute atomic E-state index is 0.0210. The zero-order valence-corrected chi connectivity index (χ0v) is 13.4. The molecule has 1 atom stereocenters. The minimum atomic E-state index is -0.0765. The van der Waals surface area contributed by atoms with Crippen LogP contribution >= 0.6 is 0 Å². The maximum absolute atomic E-state index is 12.4. The maximum Gasteiger partial charge on any atom is 0.232 e. The van der Waals surface area contributed by atoms with Gasteiger partial charge in [-0.25, -0.2) is 0 Å². The highest BCUT2D eigenvalue weighted by atomic mass is 16.2. The number of nitrogens with zero attached hydrogens (tertiary/aromatic N) is 1. The molecule has 120 valence electrons. The highest BCUT2D eigenvalue weighted by Crippen LogP contribution is 2.21. The van der Waals surface area contributed by atoms with Gasteiger partial charge in [0.15, 0.2) is 0 Å². The minimum Gasteiger partial charge on any atom is -0.353 e. The van der Waals surface area contributed by atoms with Crippen LogP contribution in [0, 0.1) is 0 Å². The third-order valence-electron chi connectivity index (χ3n) is 4.95. The van der Waals surface area contributed by atoms with E-state index in [4.69, 9.17) is 0 Å². The fourth-order valence-corrected chi connectivity index (χ4v) is 3.69. The Morgan fingerprint density at radius 2 is 1.67 bits per heavy atom. The number of likely N-dealkylation sites (tertiary alicyclic amines) is 1. The molecule has 1 unspecified atom stereocenters. The average Bonchev–Trinajstić information content (AvgIpc) is 2.75. The smallest absolute Gasteiger partial charge is 0.232 e. The van der Waals surface area contributed by atoms with Gasteiger partial charge in [0.25, 0.3) is 0 Å². The highest BCUT2D eigenvalue weighted by Gasteiger charge is 2.27. The van der Waals surface area contributed by atoms with Crippen LogP contribution < -0.4 is 5.32 Å². The molecule has 0 aromatic heterocycles. The van der Waals surface area contributed by atoms with Gasteiger partial charge in [0, 0.05) is 18.6 Å². The lowest BCUT2D eigenvalue weighted by Gasteiger charge is -2.35. The second-order valence-electron chi connectivity index (χ2n) is 6.58. The van der Waals surface area contributed by atoms with Crippen molar-refractivity contribution in [1.29, 1.82) is 0 Å². The molecule has 0 radical (unpaired) electrons. The fraction of sp³-hybridized carbons (Fsp3) is 0.882. The molecule has 1 aliphatic heterocycles. The number of carbonyl (C=O) groups is 2. The lowest BCUT2D eigenvalue weighted by atomic mass is 9.99. The predicted molar refractivity (Wildman–Crippen MR) is 83.9 cm³/mol. The predicted octanol–water partition coefficient (Wildman–Crippen LogP) is 3.01. The summed E-state index contributed by atoms with van der Waals surface area (Å²) in [6.07, 6.45) is 11.5. The van der Waals surface area contributed by atoms with E-state index in [0.717, 1.165) is 38.6 Å². The second-order valence-corrected chi connectivity index (χ2v) is 6.58. The molecule has 21 heavy (non-hydrogen) atoms. The Morgan fingerprint density at radius 1 is 1.00 bits per heavy atom. The van der Waals surface area contributed by atoms with Gasteiger partial charge in [-0.05, 0) is 38.5 Å². The Morgan fingerprint density at radius 3 is 2.33 bits per heavy atom. The van der Waals surface area contributed by atoms with Gasteiger partial charge in [-0.3, -0.25) is 9.59 Å². The van der Waals surface area contributed by atoms with Gasteiger partial charge in [0.05, 0.1) is 0 Å². The summed E-state index contributed by atoms with van der Waals surface area (Å²) in [5.74, 6) is -0.0556. The molecule has 2 aliphatic rings. The van der Waals surface area contributed by atoms with Crippen LogP contribution in [-0.2, 0) is 9.59 Å². The molecule has 1 saturated heterocycles. The Bertz CT molecular complexity index is 349. The molecule has 1 saturated carbocycles. The lowest BCUT2D eigenvalue weighted by Crippen LogP contribution is -2.46. The molecule has 0 bridgehead atoms. The molecule has 1 heterocycles. The van der Waals surface area contributed by atoms with Gasteiger partial charge < -0.3 is 10.2 Å². The van der Waals surface area contributed by atoms with E-state index in [1.54, 1.807) is 0 Å². The summed E-state index contributed by atoms with van der Waals surface area (Å²) in [6, 6.07) is 0.632. The molecule has 4 nitrogen and oxygen atoms in total. The number of nitrogens with one attached hydrogen (secondary N) is 1. The van der Waals surface area contributed by atoms with Crippen molar-refractivity contribution in [1.82, 2.24) is 10.2 Å². The monoisotopic (exact) mass is 294 g/mol. The van der Waals surface area contributed by atoms with Gasteiger partial charge in [-0.1, -0.05) is 32.6 Å². The molecule has 0 aromatic carbocycles. The van der Waals surface area contributed by atoms with E-state index < -0.39 is 0 Å². The van der Waals surface area contributed by atoms with Crippen LogP contribution in [0.5, 0.6) is 0 Å². The highest BCUT2D eigenvalue weighted by molar-refractivity contribution is 5.97. The van der Waals surface area contributed by atoms with Crippen LogP contribution in [0.1, 0.15) is 77.6 Å². The number of rotatable bonds is 4. The number of hydrogen-bond donors (Lipinski definition) is 1. The van der Waals surface area contributed by atoms with Crippen molar-refractivity contribution in [2.75, 3.05) is 6.54 Å². The first-order valence-electron chi connectivity index (χ1n) is 8.79. The summed E-state index contributed by atoms with van der Waals surface area (Å²) in [6.45, 7) is 2.95. The van der Waals surface area contributed by atoms with E-state index in [0.29, 0.717) is 6.04 Å². The second kappa shape index (κ2) is 8.40. The number of carbonyl (C=O) groups excluding carboxylic acids is 2.